The molecule has 0 aliphatic heterocycles. The number of benzene rings is 1. The fourth-order valence-electron chi connectivity index (χ4n) is 12.5. The summed E-state index contributed by atoms with van der Waals surface area (Å²) < 4.78 is 6.00. The molecule has 5 nitrogen and oxygen atoms in total. The van der Waals surface area contributed by atoms with Gasteiger partial charge in [0, 0.05) is 0 Å². The zero-order valence-corrected chi connectivity index (χ0v) is 26.2. The molecular formula is C37H48N2O3. The van der Waals surface area contributed by atoms with Crippen molar-refractivity contribution in [2.45, 2.75) is 97.8 Å². The predicted molar refractivity (Wildman–Crippen MR) is 165 cm³/mol. The number of hydrogen-bond acceptors (Lipinski definition) is 4. The molecule has 4 saturated carbocycles. The molecule has 8 unspecified atom stereocenters. The van der Waals surface area contributed by atoms with Crippen molar-refractivity contribution in [2.24, 2.45) is 51.8 Å². The van der Waals surface area contributed by atoms with E-state index in [4.69, 9.17) is 4.42 Å². The standard InChI is InChI=1S/C37H48N2O3/c1-22(2)25-13-19-37(33-39-38-21-42-33)20-15-28-26(31(25)37)11-12-30-35(28,5)18-16-29-34(3,4)27(14-17-36(29,30)6)23-7-9-24(10-8-23)32(40)41/h7-10,14,21,25-26,28-31H,1,11-13,15-20H2,2-6H3,(H,40,41)/t25-,26?,28?,29?,30?,31?,35?,36?,37?/m0/s1. The summed E-state index contributed by atoms with van der Waals surface area (Å²) in [4.78, 5) is 11.5. The van der Waals surface area contributed by atoms with Gasteiger partial charge in [-0.3, -0.25) is 0 Å². The Hall–Kier alpha value is -2.69. The second-order valence-electron chi connectivity index (χ2n) is 15.9. The van der Waals surface area contributed by atoms with Crippen molar-refractivity contribution in [3.8, 4) is 0 Å². The molecule has 1 heterocycles. The van der Waals surface area contributed by atoms with Gasteiger partial charge in [-0.25, -0.2) is 4.79 Å². The lowest BCUT2D eigenvalue weighted by atomic mass is 9.36. The van der Waals surface area contributed by atoms with Crippen LogP contribution in [-0.2, 0) is 5.41 Å². The Labute approximate surface area is 251 Å². The molecule has 5 aliphatic rings. The van der Waals surface area contributed by atoms with Crippen LogP contribution in [0.3, 0.4) is 0 Å². The number of carboxylic acids is 1. The first-order valence-electron chi connectivity index (χ1n) is 16.4. The van der Waals surface area contributed by atoms with Gasteiger partial charge >= 0.3 is 5.97 Å². The predicted octanol–water partition coefficient (Wildman–Crippen LogP) is 8.98. The highest BCUT2D eigenvalue weighted by molar-refractivity contribution is 5.88. The van der Waals surface area contributed by atoms with Gasteiger partial charge in [0.25, 0.3) is 0 Å². The molecule has 1 aromatic heterocycles. The zero-order chi connectivity index (χ0) is 29.7. The highest BCUT2D eigenvalue weighted by Crippen LogP contribution is 2.74. The van der Waals surface area contributed by atoms with E-state index >= 15 is 0 Å². The van der Waals surface area contributed by atoms with Crippen LogP contribution in [0.25, 0.3) is 5.57 Å². The summed E-state index contributed by atoms with van der Waals surface area (Å²) >= 11 is 0. The topological polar surface area (TPSA) is 76.2 Å². The normalized spacial score (nSPS) is 42.0. The Morgan fingerprint density at radius 1 is 0.952 bits per heavy atom. The number of nitrogens with zero attached hydrogens (tertiary/aromatic N) is 2. The lowest BCUT2D eigenvalue weighted by Crippen LogP contribution is -2.61. The maximum Gasteiger partial charge on any atom is 0.335 e. The van der Waals surface area contributed by atoms with E-state index in [2.05, 4.69) is 57.5 Å². The molecule has 0 bridgehead atoms. The average molecular weight is 569 g/mol. The first-order valence-corrected chi connectivity index (χ1v) is 16.4. The Kier molecular flexibility index (Phi) is 6.29. The van der Waals surface area contributed by atoms with Gasteiger partial charge in [0.1, 0.15) is 0 Å². The van der Waals surface area contributed by atoms with E-state index in [1.807, 2.05) is 12.1 Å². The highest BCUT2D eigenvalue weighted by Gasteiger charge is 2.67. The van der Waals surface area contributed by atoms with Gasteiger partial charge in [-0.15, -0.1) is 10.2 Å². The van der Waals surface area contributed by atoms with Crippen LogP contribution >= 0.6 is 0 Å². The molecular weight excluding hydrogens is 520 g/mol. The summed E-state index contributed by atoms with van der Waals surface area (Å²) in [7, 11) is 0. The molecule has 0 spiro atoms. The molecule has 1 N–H and O–H groups in total. The molecule has 5 aliphatic carbocycles. The van der Waals surface area contributed by atoms with Crippen LogP contribution in [0, 0.1) is 51.8 Å². The third-order valence-corrected chi connectivity index (χ3v) is 14.0. The molecule has 5 heteroatoms. The Morgan fingerprint density at radius 3 is 2.36 bits per heavy atom. The molecule has 224 valence electrons. The molecule has 0 amide bonds. The average Bonchev–Trinajstić information content (AvgIpc) is 3.62. The molecule has 0 radical (unpaired) electrons. The van der Waals surface area contributed by atoms with Crippen LogP contribution in [0.4, 0.5) is 0 Å². The third-order valence-electron chi connectivity index (χ3n) is 14.0. The number of aromatic nitrogens is 2. The maximum absolute atomic E-state index is 11.5. The monoisotopic (exact) mass is 568 g/mol. The summed E-state index contributed by atoms with van der Waals surface area (Å²) in [6, 6.07) is 7.57. The number of aromatic carboxylic acids is 1. The summed E-state index contributed by atoms with van der Waals surface area (Å²) in [5.74, 6) is 3.85. The van der Waals surface area contributed by atoms with Crippen LogP contribution < -0.4 is 0 Å². The molecule has 0 saturated heterocycles. The van der Waals surface area contributed by atoms with Crippen LogP contribution in [0.5, 0.6) is 0 Å². The lowest BCUT2D eigenvalue weighted by molar-refractivity contribution is -0.175. The molecule has 9 atom stereocenters. The zero-order valence-electron chi connectivity index (χ0n) is 26.2. The van der Waals surface area contributed by atoms with Crippen LogP contribution in [-0.4, -0.2) is 21.3 Å². The third kappa shape index (κ3) is 3.70. The molecule has 7 rings (SSSR count). The second-order valence-corrected chi connectivity index (χ2v) is 15.9. The molecule has 1 aromatic carbocycles. The van der Waals surface area contributed by atoms with E-state index in [0.29, 0.717) is 40.6 Å². The number of fused-ring (bicyclic) bond motifs is 7. The van der Waals surface area contributed by atoms with Crippen molar-refractivity contribution < 1.29 is 14.3 Å². The maximum atomic E-state index is 11.5. The van der Waals surface area contributed by atoms with Crippen LogP contribution in [0.2, 0.25) is 0 Å². The van der Waals surface area contributed by atoms with Gasteiger partial charge in [0.15, 0.2) is 0 Å². The minimum Gasteiger partial charge on any atom is -0.478 e. The minimum absolute atomic E-state index is 0.0201. The van der Waals surface area contributed by atoms with Gasteiger partial charge in [0.05, 0.1) is 11.0 Å². The fraction of sp³-hybridized carbons (Fsp3) is 0.649. The first-order chi connectivity index (χ1) is 19.9. The van der Waals surface area contributed by atoms with Gasteiger partial charge in [0.2, 0.25) is 12.3 Å². The largest absolute Gasteiger partial charge is 0.478 e. The lowest BCUT2D eigenvalue weighted by Gasteiger charge is -2.68. The number of hydrogen-bond donors (Lipinski definition) is 1. The van der Waals surface area contributed by atoms with Crippen molar-refractivity contribution in [2.75, 3.05) is 0 Å². The van der Waals surface area contributed by atoms with Crippen LogP contribution in [0.1, 0.15) is 114 Å². The minimum atomic E-state index is -0.864. The van der Waals surface area contributed by atoms with Crippen molar-refractivity contribution in [3.05, 3.63) is 65.9 Å². The SMILES string of the molecule is C=C(C)[C@@H]1CCC2(c3nnco3)CCC3C(CCC4C3(C)CCC3C(C)(C)C(c5ccc(C(=O)O)cc5)=CCC34C)C12. The quantitative estimate of drug-likeness (QED) is 0.373. The van der Waals surface area contributed by atoms with Crippen molar-refractivity contribution in [1.82, 2.24) is 10.2 Å². The molecule has 42 heavy (non-hydrogen) atoms. The molecule has 2 aromatic rings. The van der Waals surface area contributed by atoms with E-state index in [1.54, 1.807) is 12.1 Å². The number of carboxylic acid groups (broad SMARTS) is 1. The Balaban J connectivity index is 1.22. The van der Waals surface area contributed by atoms with E-state index < -0.39 is 5.97 Å². The fourth-order valence-corrected chi connectivity index (χ4v) is 12.5. The van der Waals surface area contributed by atoms with Crippen molar-refractivity contribution in [3.63, 3.8) is 0 Å². The van der Waals surface area contributed by atoms with Crippen molar-refractivity contribution in [1.29, 1.82) is 0 Å². The second kappa shape index (κ2) is 9.40. The van der Waals surface area contributed by atoms with Crippen molar-refractivity contribution >= 4 is 11.5 Å². The first kappa shape index (κ1) is 28.1. The summed E-state index contributed by atoms with van der Waals surface area (Å²) in [5, 5.41) is 18.1. The Bertz CT molecular complexity index is 1420. The Morgan fingerprint density at radius 2 is 1.69 bits per heavy atom. The van der Waals surface area contributed by atoms with Gasteiger partial charge in [-0.2, -0.15) is 0 Å². The van der Waals surface area contributed by atoms with E-state index in [0.717, 1.165) is 31.1 Å². The number of allylic oxidation sites excluding steroid dienone is 3. The highest BCUT2D eigenvalue weighted by atomic mass is 16.4. The van der Waals surface area contributed by atoms with E-state index in [9.17, 15) is 9.90 Å². The van der Waals surface area contributed by atoms with Crippen LogP contribution in [0.15, 0.2) is 53.3 Å². The van der Waals surface area contributed by atoms with Gasteiger partial charge < -0.3 is 9.52 Å². The van der Waals surface area contributed by atoms with Gasteiger partial charge in [-0.05, 0) is 140 Å². The smallest absolute Gasteiger partial charge is 0.335 e. The summed E-state index contributed by atoms with van der Waals surface area (Å²) in [5.41, 5.74) is 4.93. The van der Waals surface area contributed by atoms with E-state index in [-0.39, 0.29) is 16.2 Å². The summed E-state index contributed by atoms with van der Waals surface area (Å²) in [6.45, 7) is 17.0. The van der Waals surface area contributed by atoms with Gasteiger partial charge in [-0.1, -0.05) is 58.1 Å². The van der Waals surface area contributed by atoms with E-state index in [1.165, 1.54) is 61.6 Å². The number of carbonyl (C=O) groups is 1. The summed E-state index contributed by atoms with van der Waals surface area (Å²) in [6.07, 6.45) is 15.1. The molecule has 4 fully saturated rings. The number of rotatable bonds is 4.